The minimum Gasteiger partial charge on any atom is -0.495 e. The van der Waals surface area contributed by atoms with Gasteiger partial charge in [-0.1, -0.05) is 0 Å². The highest BCUT2D eigenvalue weighted by molar-refractivity contribution is 9.10. The highest BCUT2D eigenvalue weighted by Crippen LogP contribution is 2.35. The van der Waals surface area contributed by atoms with Crippen molar-refractivity contribution in [3.63, 3.8) is 0 Å². The summed E-state index contributed by atoms with van der Waals surface area (Å²) in [5.74, 6) is -1.86. The minimum absolute atomic E-state index is 0.00407. The van der Waals surface area contributed by atoms with E-state index in [9.17, 15) is 9.59 Å². The number of Topliss-reactive ketones (excluding diaryl/α,β-unsaturated/α-hetero) is 1. The van der Waals surface area contributed by atoms with Crippen LogP contribution in [-0.4, -0.2) is 31.1 Å². The van der Waals surface area contributed by atoms with Gasteiger partial charge in [0, 0.05) is 5.56 Å². The number of hydrogen-bond acceptors (Lipinski definition) is 4. The quantitative estimate of drug-likeness (QED) is 0.675. The first kappa shape index (κ1) is 12.5. The minimum atomic E-state index is -1.52. The number of carbonyl (C=O) groups is 2. The Balaban J connectivity index is 3.32. The molecule has 0 aliphatic carbocycles. The van der Waals surface area contributed by atoms with Crippen molar-refractivity contribution in [3.8, 4) is 11.5 Å². The van der Waals surface area contributed by atoms with Crippen LogP contribution >= 0.6 is 15.9 Å². The number of halogens is 1. The molecule has 5 nitrogen and oxygen atoms in total. The van der Waals surface area contributed by atoms with Gasteiger partial charge in [0.2, 0.25) is 0 Å². The number of carbonyl (C=O) groups excluding carboxylic acids is 1. The standard InChI is InChI=1S/C10H9BrO5/c1-15-6-3-5(9(12)10(13)14)4-7(16-2)8(6)11/h3-4H,1-2H3,(H,13,14). The van der Waals surface area contributed by atoms with Crippen LogP contribution in [0.2, 0.25) is 0 Å². The molecule has 1 aromatic rings. The number of carboxylic acids is 1. The van der Waals surface area contributed by atoms with Gasteiger partial charge in [0.25, 0.3) is 5.78 Å². The number of hydrogen-bond donors (Lipinski definition) is 1. The third-order valence-electron chi connectivity index (χ3n) is 1.90. The molecule has 16 heavy (non-hydrogen) atoms. The number of ether oxygens (including phenoxy) is 2. The van der Waals surface area contributed by atoms with Gasteiger partial charge in [-0.05, 0) is 28.1 Å². The zero-order valence-electron chi connectivity index (χ0n) is 8.61. The van der Waals surface area contributed by atoms with Crippen LogP contribution in [0.1, 0.15) is 10.4 Å². The fraction of sp³-hybridized carbons (Fsp3) is 0.200. The SMILES string of the molecule is COc1cc(C(=O)C(=O)O)cc(OC)c1Br. The number of aliphatic carboxylic acids is 1. The molecule has 0 heterocycles. The van der Waals surface area contributed by atoms with Crippen molar-refractivity contribution in [1.82, 2.24) is 0 Å². The zero-order chi connectivity index (χ0) is 12.3. The maximum atomic E-state index is 11.3. The number of methoxy groups -OCH3 is 2. The summed E-state index contributed by atoms with van der Waals surface area (Å²) in [4.78, 5) is 21.8. The van der Waals surface area contributed by atoms with Gasteiger partial charge in [-0.3, -0.25) is 4.79 Å². The van der Waals surface area contributed by atoms with E-state index in [2.05, 4.69) is 15.9 Å². The number of benzene rings is 1. The molecule has 0 saturated heterocycles. The van der Waals surface area contributed by atoms with Gasteiger partial charge in [0.15, 0.2) is 0 Å². The van der Waals surface area contributed by atoms with Crippen LogP contribution in [0.5, 0.6) is 11.5 Å². The molecule has 1 rings (SSSR count). The Morgan fingerprint density at radius 2 is 1.62 bits per heavy atom. The molecule has 0 atom stereocenters. The monoisotopic (exact) mass is 288 g/mol. The van der Waals surface area contributed by atoms with Crippen LogP contribution in [-0.2, 0) is 4.79 Å². The highest BCUT2D eigenvalue weighted by atomic mass is 79.9. The summed E-state index contributed by atoms with van der Waals surface area (Å²) >= 11 is 3.21. The normalized spacial score (nSPS) is 9.69. The van der Waals surface area contributed by atoms with Crippen LogP contribution in [0.3, 0.4) is 0 Å². The van der Waals surface area contributed by atoms with E-state index >= 15 is 0 Å². The average molecular weight is 289 g/mol. The van der Waals surface area contributed by atoms with Crippen LogP contribution in [0.4, 0.5) is 0 Å². The van der Waals surface area contributed by atoms with Gasteiger partial charge in [0.1, 0.15) is 16.0 Å². The molecule has 0 saturated carbocycles. The van der Waals surface area contributed by atoms with E-state index in [0.29, 0.717) is 16.0 Å². The smallest absolute Gasteiger partial charge is 0.377 e. The molecule has 0 aromatic heterocycles. The summed E-state index contributed by atoms with van der Waals surface area (Å²) in [6.07, 6.45) is 0. The Kier molecular flexibility index (Phi) is 3.89. The lowest BCUT2D eigenvalue weighted by Crippen LogP contribution is -2.13. The number of carboxylic acid groups (broad SMARTS) is 1. The van der Waals surface area contributed by atoms with Crippen molar-refractivity contribution in [2.75, 3.05) is 14.2 Å². The molecule has 0 radical (unpaired) electrons. The van der Waals surface area contributed by atoms with E-state index in [1.165, 1.54) is 26.4 Å². The van der Waals surface area contributed by atoms with Crippen LogP contribution < -0.4 is 9.47 Å². The predicted octanol–water partition coefficient (Wildman–Crippen LogP) is 1.73. The van der Waals surface area contributed by atoms with Crippen molar-refractivity contribution >= 4 is 27.7 Å². The Hall–Kier alpha value is -1.56. The number of rotatable bonds is 4. The molecule has 6 heteroatoms. The molecule has 0 bridgehead atoms. The van der Waals surface area contributed by atoms with E-state index in [4.69, 9.17) is 14.6 Å². The van der Waals surface area contributed by atoms with Gasteiger partial charge in [-0.2, -0.15) is 0 Å². The molecular formula is C10H9BrO5. The first-order chi connectivity index (χ1) is 7.51. The lowest BCUT2D eigenvalue weighted by molar-refractivity contribution is -0.131. The molecule has 1 N–H and O–H groups in total. The maximum absolute atomic E-state index is 11.3. The Labute approximate surface area is 100 Å². The molecule has 0 fully saturated rings. The molecule has 0 unspecified atom stereocenters. The summed E-state index contributed by atoms with van der Waals surface area (Å²) in [5.41, 5.74) is 0.00407. The van der Waals surface area contributed by atoms with Crippen molar-refractivity contribution in [2.45, 2.75) is 0 Å². The zero-order valence-corrected chi connectivity index (χ0v) is 10.2. The van der Waals surface area contributed by atoms with Crippen LogP contribution in [0.15, 0.2) is 16.6 Å². The van der Waals surface area contributed by atoms with Gasteiger partial charge in [-0.15, -0.1) is 0 Å². The first-order valence-electron chi connectivity index (χ1n) is 4.20. The van der Waals surface area contributed by atoms with Gasteiger partial charge in [-0.25, -0.2) is 4.79 Å². The van der Waals surface area contributed by atoms with Crippen molar-refractivity contribution < 1.29 is 24.2 Å². The Bertz CT molecular complexity index is 416. The van der Waals surface area contributed by atoms with E-state index in [0.717, 1.165) is 0 Å². The summed E-state index contributed by atoms with van der Waals surface area (Å²) in [6.45, 7) is 0. The van der Waals surface area contributed by atoms with Crippen molar-refractivity contribution in [3.05, 3.63) is 22.2 Å². The summed E-state index contributed by atoms with van der Waals surface area (Å²) in [6, 6.07) is 2.67. The van der Waals surface area contributed by atoms with E-state index in [1.54, 1.807) is 0 Å². The predicted molar refractivity (Wildman–Crippen MR) is 59.2 cm³/mol. The van der Waals surface area contributed by atoms with Crippen LogP contribution in [0.25, 0.3) is 0 Å². The molecule has 1 aromatic carbocycles. The average Bonchev–Trinajstić information content (AvgIpc) is 2.28. The molecular weight excluding hydrogens is 280 g/mol. The molecule has 0 amide bonds. The topological polar surface area (TPSA) is 72.8 Å². The van der Waals surface area contributed by atoms with Gasteiger partial charge >= 0.3 is 5.97 Å². The summed E-state index contributed by atoms with van der Waals surface area (Å²) in [7, 11) is 2.82. The second-order valence-electron chi connectivity index (χ2n) is 2.83. The molecule has 0 aliphatic rings. The lowest BCUT2D eigenvalue weighted by atomic mass is 10.1. The van der Waals surface area contributed by atoms with Gasteiger partial charge < -0.3 is 14.6 Å². The molecule has 0 spiro atoms. The largest absolute Gasteiger partial charge is 0.495 e. The first-order valence-corrected chi connectivity index (χ1v) is 4.99. The summed E-state index contributed by atoms with van der Waals surface area (Å²) in [5, 5.41) is 8.59. The summed E-state index contributed by atoms with van der Waals surface area (Å²) < 4.78 is 10.5. The fourth-order valence-corrected chi connectivity index (χ4v) is 1.68. The lowest BCUT2D eigenvalue weighted by Gasteiger charge is -2.09. The third-order valence-corrected chi connectivity index (χ3v) is 2.68. The fourth-order valence-electron chi connectivity index (χ4n) is 1.12. The second kappa shape index (κ2) is 4.98. The third kappa shape index (κ3) is 2.33. The Morgan fingerprint density at radius 1 is 1.19 bits per heavy atom. The molecule has 86 valence electrons. The Morgan fingerprint density at radius 3 is 1.94 bits per heavy atom. The van der Waals surface area contributed by atoms with Gasteiger partial charge in [0.05, 0.1) is 14.2 Å². The second-order valence-corrected chi connectivity index (χ2v) is 3.62. The maximum Gasteiger partial charge on any atom is 0.377 e. The van der Waals surface area contributed by atoms with Crippen molar-refractivity contribution in [1.29, 1.82) is 0 Å². The van der Waals surface area contributed by atoms with E-state index < -0.39 is 11.8 Å². The van der Waals surface area contributed by atoms with E-state index in [-0.39, 0.29) is 5.56 Å². The number of ketones is 1. The molecule has 0 aliphatic heterocycles. The highest BCUT2D eigenvalue weighted by Gasteiger charge is 2.19. The van der Waals surface area contributed by atoms with E-state index in [1.807, 2.05) is 0 Å². The van der Waals surface area contributed by atoms with Crippen molar-refractivity contribution in [2.24, 2.45) is 0 Å². The van der Waals surface area contributed by atoms with Crippen LogP contribution in [0, 0.1) is 0 Å².